The molecule has 18 heavy (non-hydrogen) atoms. The molecule has 0 spiro atoms. The molecule has 1 heterocycles. The zero-order chi connectivity index (χ0) is 13.2. The maximum atomic E-state index is 9.33. The minimum Gasteiger partial charge on any atom is -0.508 e. The highest BCUT2D eigenvalue weighted by atomic mass is 16.3. The van der Waals surface area contributed by atoms with Crippen molar-refractivity contribution >= 4 is 0 Å². The summed E-state index contributed by atoms with van der Waals surface area (Å²) in [5.74, 6) is 0.340. The van der Waals surface area contributed by atoms with E-state index in [4.69, 9.17) is 0 Å². The van der Waals surface area contributed by atoms with Crippen molar-refractivity contribution in [2.45, 2.75) is 38.3 Å². The van der Waals surface area contributed by atoms with Crippen molar-refractivity contribution < 1.29 is 5.11 Å². The van der Waals surface area contributed by atoms with Crippen molar-refractivity contribution in [3.05, 3.63) is 29.8 Å². The molecule has 0 saturated carbocycles. The minimum absolute atomic E-state index is 0.297. The second-order valence-electron chi connectivity index (χ2n) is 5.61. The molecular formula is C15H24N2O. The van der Waals surface area contributed by atoms with Gasteiger partial charge in [0.05, 0.1) is 0 Å². The summed E-state index contributed by atoms with van der Waals surface area (Å²) in [5.41, 5.74) is 1.58. The van der Waals surface area contributed by atoms with Crippen LogP contribution in [0.1, 0.15) is 38.3 Å². The average molecular weight is 248 g/mol. The number of hydrogen-bond acceptors (Lipinski definition) is 3. The zero-order valence-electron chi connectivity index (χ0n) is 11.6. The Bertz CT molecular complexity index is 380. The summed E-state index contributed by atoms with van der Waals surface area (Å²) < 4.78 is 0. The molecule has 0 radical (unpaired) electrons. The van der Waals surface area contributed by atoms with Crippen LogP contribution in [0.25, 0.3) is 0 Å². The molecule has 100 valence electrons. The molecule has 1 unspecified atom stereocenters. The first kappa shape index (κ1) is 13.4. The van der Waals surface area contributed by atoms with E-state index in [1.807, 2.05) is 12.1 Å². The molecule has 0 bridgehead atoms. The van der Waals surface area contributed by atoms with Gasteiger partial charge in [0, 0.05) is 24.7 Å². The molecule has 0 amide bonds. The highest BCUT2D eigenvalue weighted by Gasteiger charge is 2.30. The maximum Gasteiger partial charge on any atom is 0.115 e. The fourth-order valence-electron chi connectivity index (χ4n) is 2.62. The lowest BCUT2D eigenvalue weighted by Gasteiger charge is -2.42. The monoisotopic (exact) mass is 248 g/mol. The molecule has 3 heteroatoms. The molecule has 0 aliphatic carbocycles. The number of phenols is 1. The van der Waals surface area contributed by atoms with E-state index < -0.39 is 0 Å². The van der Waals surface area contributed by atoms with Crippen LogP contribution in [0.3, 0.4) is 0 Å². The van der Waals surface area contributed by atoms with Crippen LogP contribution < -0.4 is 5.32 Å². The first-order chi connectivity index (χ1) is 8.54. The quantitative estimate of drug-likeness (QED) is 0.863. The first-order valence-corrected chi connectivity index (χ1v) is 6.76. The molecule has 1 atom stereocenters. The van der Waals surface area contributed by atoms with E-state index in [0.29, 0.717) is 17.3 Å². The van der Waals surface area contributed by atoms with Gasteiger partial charge in [-0.15, -0.1) is 0 Å². The predicted octanol–water partition coefficient (Wildman–Crippen LogP) is 2.53. The minimum atomic E-state index is 0.297. The Hall–Kier alpha value is -1.06. The van der Waals surface area contributed by atoms with Crippen LogP contribution in [0.5, 0.6) is 5.75 Å². The van der Waals surface area contributed by atoms with Gasteiger partial charge in [-0.25, -0.2) is 0 Å². The molecule has 1 fully saturated rings. The topological polar surface area (TPSA) is 35.5 Å². The Morgan fingerprint density at radius 1 is 1.22 bits per heavy atom. The third-order valence-corrected chi connectivity index (χ3v) is 4.43. The Morgan fingerprint density at radius 2 is 1.78 bits per heavy atom. The molecule has 2 rings (SSSR count). The van der Waals surface area contributed by atoms with Gasteiger partial charge in [-0.3, -0.25) is 4.90 Å². The highest BCUT2D eigenvalue weighted by Crippen LogP contribution is 2.28. The number of hydrogen-bond donors (Lipinski definition) is 2. The number of benzene rings is 1. The summed E-state index contributed by atoms with van der Waals surface area (Å²) in [5, 5.41) is 12.8. The fraction of sp³-hybridized carbons (Fsp3) is 0.600. The van der Waals surface area contributed by atoms with E-state index in [-0.39, 0.29) is 0 Å². The van der Waals surface area contributed by atoms with Gasteiger partial charge >= 0.3 is 0 Å². The van der Waals surface area contributed by atoms with Gasteiger partial charge in [0.25, 0.3) is 0 Å². The van der Waals surface area contributed by atoms with Crippen molar-refractivity contribution in [2.75, 3.05) is 20.1 Å². The van der Waals surface area contributed by atoms with E-state index in [2.05, 4.69) is 31.1 Å². The van der Waals surface area contributed by atoms with Crippen molar-refractivity contribution in [1.29, 1.82) is 0 Å². The third-order valence-electron chi connectivity index (χ3n) is 4.43. The number of piperidine rings is 1. The molecular weight excluding hydrogens is 224 g/mol. The van der Waals surface area contributed by atoms with Gasteiger partial charge in [-0.05, 0) is 51.4 Å². The van der Waals surface area contributed by atoms with Crippen LogP contribution in [0, 0.1) is 0 Å². The summed E-state index contributed by atoms with van der Waals surface area (Å²) in [4.78, 5) is 2.52. The summed E-state index contributed by atoms with van der Waals surface area (Å²) in [6.45, 7) is 6.79. The molecule has 1 aliphatic heterocycles. The van der Waals surface area contributed by atoms with Gasteiger partial charge in [0.1, 0.15) is 5.75 Å². The molecule has 3 nitrogen and oxygen atoms in total. The molecule has 2 N–H and O–H groups in total. The largest absolute Gasteiger partial charge is 0.508 e. The van der Waals surface area contributed by atoms with Gasteiger partial charge in [-0.1, -0.05) is 12.1 Å². The SMILES string of the molecule is CNC1(C)CCN(C(C)c2ccc(O)cc2)CC1. The van der Waals surface area contributed by atoms with Crippen LogP contribution >= 0.6 is 0 Å². The summed E-state index contributed by atoms with van der Waals surface area (Å²) >= 11 is 0. The second-order valence-corrected chi connectivity index (χ2v) is 5.61. The van der Waals surface area contributed by atoms with E-state index in [1.165, 1.54) is 18.4 Å². The number of nitrogens with zero attached hydrogens (tertiary/aromatic N) is 1. The second kappa shape index (κ2) is 5.29. The molecule has 1 saturated heterocycles. The number of likely N-dealkylation sites (tertiary alicyclic amines) is 1. The smallest absolute Gasteiger partial charge is 0.115 e. The van der Waals surface area contributed by atoms with Crippen LogP contribution in [-0.2, 0) is 0 Å². The van der Waals surface area contributed by atoms with Crippen LogP contribution in [0.4, 0.5) is 0 Å². The Balaban J connectivity index is 1.99. The van der Waals surface area contributed by atoms with Gasteiger partial charge in [-0.2, -0.15) is 0 Å². The molecule has 1 aliphatic rings. The zero-order valence-corrected chi connectivity index (χ0v) is 11.6. The molecule has 0 aromatic heterocycles. The maximum absolute atomic E-state index is 9.33. The van der Waals surface area contributed by atoms with Gasteiger partial charge < -0.3 is 10.4 Å². The van der Waals surface area contributed by atoms with E-state index in [9.17, 15) is 5.11 Å². The molecule has 1 aromatic rings. The molecule has 1 aromatic carbocycles. The highest BCUT2D eigenvalue weighted by molar-refractivity contribution is 5.27. The lowest BCUT2D eigenvalue weighted by atomic mass is 9.88. The average Bonchev–Trinajstić information content (AvgIpc) is 2.40. The van der Waals surface area contributed by atoms with E-state index >= 15 is 0 Å². The Labute approximate surface area is 110 Å². The normalized spacial score (nSPS) is 21.7. The van der Waals surface area contributed by atoms with E-state index in [0.717, 1.165) is 13.1 Å². The summed E-state index contributed by atoms with van der Waals surface area (Å²) in [7, 11) is 2.05. The number of nitrogens with one attached hydrogen (secondary N) is 1. The third kappa shape index (κ3) is 2.85. The fourth-order valence-corrected chi connectivity index (χ4v) is 2.62. The van der Waals surface area contributed by atoms with E-state index in [1.54, 1.807) is 12.1 Å². The van der Waals surface area contributed by atoms with Gasteiger partial charge in [0.2, 0.25) is 0 Å². The lowest BCUT2D eigenvalue weighted by Crippen LogP contribution is -2.50. The van der Waals surface area contributed by atoms with Crippen LogP contribution in [0.2, 0.25) is 0 Å². The lowest BCUT2D eigenvalue weighted by molar-refractivity contribution is 0.117. The van der Waals surface area contributed by atoms with Crippen LogP contribution in [0.15, 0.2) is 24.3 Å². The summed E-state index contributed by atoms with van der Waals surface area (Å²) in [6.07, 6.45) is 2.37. The predicted molar refractivity (Wildman–Crippen MR) is 74.8 cm³/mol. The Kier molecular flexibility index (Phi) is 3.93. The first-order valence-electron chi connectivity index (χ1n) is 6.76. The van der Waals surface area contributed by atoms with Crippen molar-refractivity contribution in [3.8, 4) is 5.75 Å². The van der Waals surface area contributed by atoms with Crippen molar-refractivity contribution in [1.82, 2.24) is 10.2 Å². The van der Waals surface area contributed by atoms with Crippen molar-refractivity contribution in [2.24, 2.45) is 0 Å². The van der Waals surface area contributed by atoms with Crippen molar-refractivity contribution in [3.63, 3.8) is 0 Å². The van der Waals surface area contributed by atoms with Gasteiger partial charge in [0.15, 0.2) is 0 Å². The van der Waals surface area contributed by atoms with Crippen LogP contribution in [-0.4, -0.2) is 35.7 Å². The number of rotatable bonds is 3. The number of aromatic hydroxyl groups is 1. The summed E-state index contributed by atoms with van der Waals surface area (Å²) in [6, 6.07) is 8.01. The Morgan fingerprint density at radius 3 is 2.28 bits per heavy atom. The standard InChI is InChI=1S/C15H24N2O/c1-12(13-4-6-14(18)7-5-13)17-10-8-15(2,16-3)9-11-17/h4-7,12,16,18H,8-11H2,1-3H3. The number of phenolic OH excluding ortho intramolecular Hbond substituents is 1.